The molecule has 0 atom stereocenters. The van der Waals surface area contributed by atoms with Crippen molar-refractivity contribution in [3.8, 4) is 0 Å². The van der Waals surface area contributed by atoms with E-state index in [0.717, 1.165) is 19.6 Å². The van der Waals surface area contributed by atoms with E-state index in [0.29, 0.717) is 31.6 Å². The van der Waals surface area contributed by atoms with Crippen molar-refractivity contribution in [2.45, 2.75) is 32.6 Å². The van der Waals surface area contributed by atoms with Crippen LogP contribution in [0.15, 0.2) is 23.0 Å². The van der Waals surface area contributed by atoms with Gasteiger partial charge in [-0.05, 0) is 38.9 Å². The first-order valence-corrected chi connectivity index (χ1v) is 8.51. The van der Waals surface area contributed by atoms with Crippen LogP contribution >= 0.6 is 0 Å². The summed E-state index contributed by atoms with van der Waals surface area (Å²) in [5, 5.41) is 2.95. The molecule has 1 aromatic rings. The van der Waals surface area contributed by atoms with Gasteiger partial charge in [0.1, 0.15) is 6.26 Å². The van der Waals surface area contributed by atoms with Gasteiger partial charge in [0.25, 0.3) is 5.91 Å². The molecule has 1 fully saturated rings. The summed E-state index contributed by atoms with van der Waals surface area (Å²) in [5.74, 6) is -0.0946. The van der Waals surface area contributed by atoms with Crippen molar-refractivity contribution in [2.75, 3.05) is 39.3 Å². The molecule has 1 aliphatic heterocycles. The van der Waals surface area contributed by atoms with Crippen LogP contribution in [0.25, 0.3) is 0 Å². The van der Waals surface area contributed by atoms with Crippen LogP contribution in [0.3, 0.4) is 0 Å². The third-order valence-electron chi connectivity index (χ3n) is 4.24. The van der Waals surface area contributed by atoms with Crippen LogP contribution in [0, 0.1) is 0 Å². The molecule has 2 heterocycles. The second kappa shape index (κ2) is 9.35. The van der Waals surface area contributed by atoms with Gasteiger partial charge in [-0.15, -0.1) is 0 Å². The van der Waals surface area contributed by atoms with Crippen molar-refractivity contribution >= 4 is 11.8 Å². The number of rotatable bonds is 8. The molecule has 0 saturated carbocycles. The molecule has 0 aromatic carbocycles. The summed E-state index contributed by atoms with van der Waals surface area (Å²) >= 11 is 0. The Labute approximate surface area is 137 Å². The van der Waals surface area contributed by atoms with Gasteiger partial charge in [0.2, 0.25) is 5.91 Å². The van der Waals surface area contributed by atoms with Crippen molar-refractivity contribution in [3.63, 3.8) is 0 Å². The predicted octanol–water partition coefficient (Wildman–Crippen LogP) is 1.73. The molecule has 1 N–H and O–H groups in total. The monoisotopic (exact) mass is 321 g/mol. The number of nitrogens with zero attached hydrogens (tertiary/aromatic N) is 2. The largest absolute Gasteiger partial charge is 0.472 e. The maximum Gasteiger partial charge on any atom is 0.257 e. The molecule has 0 bridgehead atoms. The van der Waals surface area contributed by atoms with E-state index in [4.69, 9.17) is 4.42 Å². The van der Waals surface area contributed by atoms with E-state index in [1.807, 2.05) is 6.92 Å². The van der Waals surface area contributed by atoms with Crippen molar-refractivity contribution in [1.82, 2.24) is 15.1 Å². The highest BCUT2D eigenvalue weighted by Gasteiger charge is 2.16. The summed E-state index contributed by atoms with van der Waals surface area (Å²) in [6.07, 6.45) is 7.08. The highest BCUT2D eigenvalue weighted by atomic mass is 16.3. The second-order valence-corrected chi connectivity index (χ2v) is 5.90. The Hall–Kier alpha value is -1.82. The Balaban J connectivity index is 1.65. The Morgan fingerprint density at radius 3 is 2.74 bits per heavy atom. The first kappa shape index (κ1) is 17.5. The molecule has 6 heteroatoms. The topological polar surface area (TPSA) is 65.8 Å². The Morgan fingerprint density at radius 1 is 1.30 bits per heavy atom. The number of hydrogen-bond acceptors (Lipinski definition) is 4. The number of piperidine rings is 1. The Morgan fingerprint density at radius 2 is 2.09 bits per heavy atom. The molecule has 1 aromatic heterocycles. The van der Waals surface area contributed by atoms with Gasteiger partial charge in [0.05, 0.1) is 11.8 Å². The zero-order chi connectivity index (χ0) is 16.5. The lowest BCUT2D eigenvalue weighted by Gasteiger charge is -2.26. The van der Waals surface area contributed by atoms with Gasteiger partial charge in [-0.3, -0.25) is 9.59 Å². The Bertz CT molecular complexity index is 481. The van der Waals surface area contributed by atoms with Crippen LogP contribution in [0.4, 0.5) is 0 Å². The fraction of sp³-hybridized carbons (Fsp3) is 0.647. The Kier molecular flexibility index (Phi) is 7.13. The van der Waals surface area contributed by atoms with Crippen LogP contribution in [0.2, 0.25) is 0 Å². The van der Waals surface area contributed by atoms with Crippen molar-refractivity contribution in [1.29, 1.82) is 0 Å². The van der Waals surface area contributed by atoms with E-state index in [-0.39, 0.29) is 11.8 Å². The van der Waals surface area contributed by atoms with Crippen LogP contribution in [0.1, 0.15) is 43.0 Å². The van der Waals surface area contributed by atoms with Crippen LogP contribution in [-0.2, 0) is 4.79 Å². The number of amides is 2. The van der Waals surface area contributed by atoms with E-state index in [2.05, 4.69) is 10.2 Å². The van der Waals surface area contributed by atoms with Crippen LogP contribution < -0.4 is 5.32 Å². The minimum absolute atomic E-state index is 0.000420. The molecule has 0 radical (unpaired) electrons. The lowest BCUT2D eigenvalue weighted by molar-refractivity contribution is -0.121. The minimum Gasteiger partial charge on any atom is -0.472 e. The number of nitrogens with one attached hydrogen (secondary N) is 1. The summed E-state index contributed by atoms with van der Waals surface area (Å²) < 4.78 is 4.94. The quantitative estimate of drug-likeness (QED) is 0.792. The summed E-state index contributed by atoms with van der Waals surface area (Å²) in [6, 6.07) is 1.64. The van der Waals surface area contributed by atoms with Gasteiger partial charge in [0, 0.05) is 32.6 Å². The van der Waals surface area contributed by atoms with Crippen molar-refractivity contribution < 1.29 is 14.0 Å². The minimum atomic E-state index is -0.0950. The average Bonchev–Trinajstić information content (AvgIpc) is 3.10. The fourth-order valence-corrected chi connectivity index (χ4v) is 2.83. The van der Waals surface area contributed by atoms with Crippen LogP contribution in [-0.4, -0.2) is 60.9 Å². The smallest absolute Gasteiger partial charge is 0.257 e. The van der Waals surface area contributed by atoms with E-state index >= 15 is 0 Å². The molecular weight excluding hydrogens is 294 g/mol. The zero-order valence-corrected chi connectivity index (χ0v) is 13.9. The summed E-state index contributed by atoms with van der Waals surface area (Å²) in [4.78, 5) is 28.2. The number of carbonyl (C=O) groups is 2. The van der Waals surface area contributed by atoms with Gasteiger partial charge in [-0.2, -0.15) is 0 Å². The van der Waals surface area contributed by atoms with Gasteiger partial charge in [-0.1, -0.05) is 6.42 Å². The normalized spacial score (nSPS) is 15.3. The summed E-state index contributed by atoms with van der Waals surface area (Å²) in [6.45, 7) is 6.78. The molecule has 1 saturated heterocycles. The molecule has 0 aliphatic carbocycles. The maximum atomic E-state index is 12.2. The average molecular weight is 321 g/mol. The van der Waals surface area contributed by atoms with E-state index in [1.54, 1.807) is 11.0 Å². The highest BCUT2D eigenvalue weighted by molar-refractivity contribution is 5.94. The molecule has 128 valence electrons. The van der Waals surface area contributed by atoms with E-state index in [9.17, 15) is 9.59 Å². The highest BCUT2D eigenvalue weighted by Crippen LogP contribution is 2.08. The molecule has 0 unspecified atom stereocenters. The van der Waals surface area contributed by atoms with Gasteiger partial charge < -0.3 is 19.5 Å². The van der Waals surface area contributed by atoms with E-state index < -0.39 is 0 Å². The SMILES string of the molecule is CCN(CCC(=O)NCCN1CCCCC1)C(=O)c1ccoc1. The summed E-state index contributed by atoms with van der Waals surface area (Å²) in [7, 11) is 0. The van der Waals surface area contributed by atoms with Crippen molar-refractivity contribution in [3.05, 3.63) is 24.2 Å². The number of likely N-dealkylation sites (tertiary alicyclic amines) is 1. The maximum absolute atomic E-state index is 12.2. The molecule has 1 aliphatic rings. The van der Waals surface area contributed by atoms with Crippen molar-refractivity contribution in [2.24, 2.45) is 0 Å². The lowest BCUT2D eigenvalue weighted by Crippen LogP contribution is -2.39. The lowest BCUT2D eigenvalue weighted by atomic mass is 10.1. The molecule has 2 amide bonds. The third-order valence-corrected chi connectivity index (χ3v) is 4.24. The molecule has 23 heavy (non-hydrogen) atoms. The second-order valence-electron chi connectivity index (χ2n) is 5.90. The van der Waals surface area contributed by atoms with Crippen LogP contribution in [0.5, 0.6) is 0 Å². The van der Waals surface area contributed by atoms with Gasteiger partial charge in [0.15, 0.2) is 0 Å². The van der Waals surface area contributed by atoms with Gasteiger partial charge >= 0.3 is 0 Å². The first-order chi connectivity index (χ1) is 11.2. The van der Waals surface area contributed by atoms with E-state index in [1.165, 1.54) is 31.8 Å². The zero-order valence-electron chi connectivity index (χ0n) is 13.9. The fourth-order valence-electron chi connectivity index (χ4n) is 2.83. The molecule has 6 nitrogen and oxygen atoms in total. The number of furan rings is 1. The van der Waals surface area contributed by atoms with Gasteiger partial charge in [-0.25, -0.2) is 0 Å². The summed E-state index contributed by atoms with van der Waals surface area (Å²) in [5.41, 5.74) is 0.525. The first-order valence-electron chi connectivity index (χ1n) is 8.51. The third kappa shape index (κ3) is 5.71. The molecule has 0 spiro atoms. The standard InChI is InChI=1S/C17H27N3O3/c1-2-20(17(22)15-7-13-23-14-15)11-6-16(21)18-8-12-19-9-4-3-5-10-19/h7,13-14H,2-6,8-12H2,1H3,(H,18,21). The molecule has 2 rings (SSSR count). The predicted molar refractivity (Wildman–Crippen MR) is 88.2 cm³/mol. The number of carbonyl (C=O) groups excluding carboxylic acids is 2. The molecular formula is C17H27N3O3. The number of hydrogen-bond donors (Lipinski definition) is 1.